The van der Waals surface area contributed by atoms with Gasteiger partial charge < -0.3 is 24.3 Å². The fourth-order valence-corrected chi connectivity index (χ4v) is 6.97. The van der Waals surface area contributed by atoms with Gasteiger partial charge in [0.2, 0.25) is 11.8 Å². The van der Waals surface area contributed by atoms with E-state index in [-0.39, 0.29) is 35.5 Å². The van der Waals surface area contributed by atoms with Gasteiger partial charge in [-0.1, -0.05) is 30.3 Å². The Hall–Kier alpha value is -4.48. The molecule has 1 aromatic heterocycles. The summed E-state index contributed by atoms with van der Waals surface area (Å²) in [4.78, 5) is 29.0. The number of ether oxygens (including phenoxy) is 4. The smallest absolute Gasteiger partial charge is 0.240 e. The number of aromatic nitrogens is 2. The summed E-state index contributed by atoms with van der Waals surface area (Å²) in [6, 6.07) is 23.0. The van der Waals surface area contributed by atoms with E-state index in [1.807, 2.05) is 72.8 Å². The molecule has 1 saturated heterocycles. The summed E-state index contributed by atoms with van der Waals surface area (Å²) >= 11 is 1.47. The van der Waals surface area contributed by atoms with Gasteiger partial charge >= 0.3 is 0 Å². The average Bonchev–Trinajstić information content (AvgIpc) is 3.72. The molecular formula is C34H36N4O6S. The number of methoxy groups -OCH3 is 3. The highest BCUT2D eigenvalue weighted by Gasteiger charge is 2.39. The molecular weight excluding hydrogens is 592 g/mol. The monoisotopic (exact) mass is 628 g/mol. The Morgan fingerprint density at radius 1 is 1.00 bits per heavy atom. The molecule has 4 aromatic rings. The second-order valence-electron chi connectivity index (χ2n) is 10.8. The van der Waals surface area contributed by atoms with Gasteiger partial charge in [0.15, 0.2) is 0 Å². The number of rotatable bonds is 10. The first kappa shape index (κ1) is 30.5. The fraction of sp³-hybridized carbons (Fsp3) is 0.324. The number of nitrogens with zero attached hydrogens (tertiary/aromatic N) is 3. The predicted octanol–water partition coefficient (Wildman–Crippen LogP) is 5.03. The molecule has 3 aromatic carbocycles. The Balaban J connectivity index is 1.55. The molecule has 2 aliphatic heterocycles. The first-order valence-electron chi connectivity index (χ1n) is 14.9. The van der Waals surface area contributed by atoms with Crippen LogP contribution in [-0.2, 0) is 14.3 Å². The van der Waals surface area contributed by atoms with Crippen molar-refractivity contribution >= 4 is 29.4 Å². The summed E-state index contributed by atoms with van der Waals surface area (Å²) in [5, 5.41) is 7.76. The van der Waals surface area contributed by atoms with Crippen LogP contribution in [0.2, 0.25) is 0 Å². The van der Waals surface area contributed by atoms with E-state index in [0.29, 0.717) is 41.9 Å². The number of nitrogens with one attached hydrogen (secondary N) is 1. The van der Waals surface area contributed by atoms with E-state index >= 15 is 0 Å². The molecule has 45 heavy (non-hydrogen) atoms. The minimum absolute atomic E-state index is 0.0145. The average molecular weight is 629 g/mol. The SMILES string of the molecule is COc1ccc(-n2nc(-c3ccccc3)c3c2N(CC(=O)NC[C@@H]2CCCO2)C(=O)CS[C@H]3c2cc(OC)ccc2OC)cc1. The fourth-order valence-electron chi connectivity index (χ4n) is 5.75. The summed E-state index contributed by atoms with van der Waals surface area (Å²) in [6.45, 7) is 0.931. The van der Waals surface area contributed by atoms with Gasteiger partial charge in [-0.2, -0.15) is 5.10 Å². The highest BCUT2D eigenvalue weighted by molar-refractivity contribution is 8.00. The predicted molar refractivity (Wildman–Crippen MR) is 174 cm³/mol. The second kappa shape index (κ2) is 13.7. The van der Waals surface area contributed by atoms with Crippen molar-refractivity contribution in [3.63, 3.8) is 0 Å². The van der Waals surface area contributed by atoms with Crippen molar-refractivity contribution in [3.05, 3.63) is 83.9 Å². The van der Waals surface area contributed by atoms with Crippen molar-refractivity contribution in [1.82, 2.24) is 15.1 Å². The first-order chi connectivity index (χ1) is 22.0. The molecule has 0 radical (unpaired) electrons. The maximum absolute atomic E-state index is 14.0. The van der Waals surface area contributed by atoms with Gasteiger partial charge in [-0.25, -0.2) is 4.68 Å². The highest BCUT2D eigenvalue weighted by atomic mass is 32.2. The normalized spacial score (nSPS) is 17.8. The Bertz CT molecular complexity index is 1650. The number of benzene rings is 3. The van der Waals surface area contributed by atoms with Crippen LogP contribution in [-0.4, -0.2) is 74.5 Å². The highest BCUT2D eigenvalue weighted by Crippen LogP contribution is 2.51. The van der Waals surface area contributed by atoms with Crippen molar-refractivity contribution < 1.29 is 28.5 Å². The zero-order chi connectivity index (χ0) is 31.3. The van der Waals surface area contributed by atoms with Crippen molar-refractivity contribution in [2.24, 2.45) is 0 Å². The first-order valence-corrected chi connectivity index (χ1v) is 15.9. The number of hydrogen-bond donors (Lipinski definition) is 1. The lowest BCUT2D eigenvalue weighted by atomic mass is 9.98. The number of fused-ring (bicyclic) bond motifs is 1. The molecule has 2 amide bonds. The van der Waals surface area contributed by atoms with E-state index in [2.05, 4.69) is 5.32 Å². The Morgan fingerprint density at radius 2 is 1.76 bits per heavy atom. The molecule has 0 aliphatic carbocycles. The standard InChI is InChI=1S/C34H36N4O6S/c1-41-24-13-11-23(12-14-24)38-34-31(32(36-38)22-8-5-4-6-9-22)33(27-18-25(42-2)15-16-28(27)43-3)45-21-30(40)37(34)20-29(39)35-19-26-10-7-17-44-26/h4-6,8-9,11-16,18,26,33H,7,10,17,19-21H2,1-3H3,(H,35,39)/t26-,33-/m0/s1. The maximum atomic E-state index is 14.0. The molecule has 6 rings (SSSR count). The van der Waals surface area contributed by atoms with E-state index in [9.17, 15) is 9.59 Å². The Kier molecular flexibility index (Phi) is 9.27. The molecule has 1 fully saturated rings. The minimum atomic E-state index is -0.379. The molecule has 1 N–H and O–H groups in total. The third-order valence-corrected chi connectivity index (χ3v) is 9.26. The minimum Gasteiger partial charge on any atom is -0.497 e. The third kappa shape index (κ3) is 6.36. The van der Waals surface area contributed by atoms with Crippen LogP contribution in [0, 0.1) is 0 Å². The van der Waals surface area contributed by atoms with Crippen LogP contribution in [0.25, 0.3) is 16.9 Å². The van der Waals surface area contributed by atoms with Gasteiger partial charge in [0.25, 0.3) is 0 Å². The zero-order valence-electron chi connectivity index (χ0n) is 25.5. The van der Waals surface area contributed by atoms with Gasteiger partial charge in [0.05, 0.1) is 49.8 Å². The molecule has 234 valence electrons. The van der Waals surface area contributed by atoms with Gasteiger partial charge in [-0.15, -0.1) is 11.8 Å². The van der Waals surface area contributed by atoms with Gasteiger partial charge in [0, 0.05) is 29.8 Å². The van der Waals surface area contributed by atoms with Crippen molar-refractivity contribution in [1.29, 1.82) is 0 Å². The number of hydrogen-bond acceptors (Lipinski definition) is 8. The van der Waals surface area contributed by atoms with Gasteiger partial charge in [-0.05, 0) is 55.3 Å². The summed E-state index contributed by atoms with van der Waals surface area (Å²) in [5.41, 5.74) is 3.93. The maximum Gasteiger partial charge on any atom is 0.240 e. The lowest BCUT2D eigenvalue weighted by Gasteiger charge is -2.24. The van der Waals surface area contributed by atoms with Crippen molar-refractivity contribution in [2.45, 2.75) is 24.2 Å². The summed E-state index contributed by atoms with van der Waals surface area (Å²) in [7, 11) is 4.86. The summed E-state index contributed by atoms with van der Waals surface area (Å²) in [5.74, 6) is 2.20. The number of carbonyl (C=O) groups is 2. The van der Waals surface area contributed by atoms with Crippen LogP contribution in [0.5, 0.6) is 17.2 Å². The summed E-state index contributed by atoms with van der Waals surface area (Å²) in [6.07, 6.45) is 1.86. The van der Waals surface area contributed by atoms with Gasteiger partial charge in [0.1, 0.15) is 29.6 Å². The van der Waals surface area contributed by atoms with E-state index < -0.39 is 0 Å². The van der Waals surface area contributed by atoms with E-state index in [0.717, 1.165) is 35.2 Å². The quantitative estimate of drug-likeness (QED) is 0.261. The van der Waals surface area contributed by atoms with Crippen molar-refractivity contribution in [2.75, 3.05) is 51.7 Å². The number of thioether (sulfide) groups is 1. The molecule has 2 atom stereocenters. The lowest BCUT2D eigenvalue weighted by Crippen LogP contribution is -2.44. The van der Waals surface area contributed by atoms with Crippen LogP contribution in [0.15, 0.2) is 72.8 Å². The summed E-state index contributed by atoms with van der Waals surface area (Å²) < 4.78 is 24.3. The second-order valence-corrected chi connectivity index (χ2v) is 11.9. The molecule has 3 heterocycles. The molecule has 0 saturated carbocycles. The third-order valence-electron chi connectivity index (χ3n) is 8.03. The van der Waals surface area contributed by atoms with Crippen LogP contribution < -0.4 is 24.4 Å². The molecule has 0 spiro atoms. The van der Waals surface area contributed by atoms with Crippen LogP contribution >= 0.6 is 11.8 Å². The Morgan fingerprint density at radius 3 is 2.44 bits per heavy atom. The lowest BCUT2D eigenvalue weighted by molar-refractivity contribution is -0.123. The van der Waals surface area contributed by atoms with Crippen molar-refractivity contribution in [3.8, 4) is 34.2 Å². The Labute approximate surface area is 266 Å². The molecule has 0 unspecified atom stereocenters. The molecule has 10 nitrogen and oxygen atoms in total. The topological polar surface area (TPSA) is 104 Å². The largest absolute Gasteiger partial charge is 0.497 e. The molecule has 2 aliphatic rings. The number of amides is 2. The van der Waals surface area contributed by atoms with Gasteiger partial charge in [-0.3, -0.25) is 14.5 Å². The van der Waals surface area contributed by atoms with E-state index in [1.165, 1.54) is 11.8 Å². The zero-order valence-corrected chi connectivity index (χ0v) is 26.3. The number of carbonyl (C=O) groups excluding carboxylic acids is 2. The van der Waals surface area contributed by atoms with Crippen LogP contribution in [0.4, 0.5) is 5.82 Å². The molecule has 11 heteroatoms. The molecule has 0 bridgehead atoms. The van der Waals surface area contributed by atoms with E-state index in [4.69, 9.17) is 24.0 Å². The van der Waals surface area contributed by atoms with Crippen LogP contribution in [0.3, 0.4) is 0 Å². The van der Waals surface area contributed by atoms with E-state index in [1.54, 1.807) is 30.9 Å². The van der Waals surface area contributed by atoms with Crippen LogP contribution in [0.1, 0.15) is 29.2 Å². The number of anilines is 1.